The van der Waals surface area contributed by atoms with Crippen LogP contribution in [0.15, 0.2) is 30.3 Å². The number of fused-ring (bicyclic) bond motifs is 1. The Bertz CT molecular complexity index is 1160. The number of nitrogens with zero attached hydrogens (tertiary/aromatic N) is 1. The van der Waals surface area contributed by atoms with Gasteiger partial charge in [0.05, 0.1) is 12.1 Å². The zero-order valence-corrected chi connectivity index (χ0v) is 15.9. The molecule has 2 aromatic carbocycles. The van der Waals surface area contributed by atoms with Crippen LogP contribution in [0.1, 0.15) is 12.5 Å². The van der Waals surface area contributed by atoms with Gasteiger partial charge < -0.3 is 14.2 Å². The fourth-order valence-corrected chi connectivity index (χ4v) is 2.94. The lowest BCUT2D eigenvalue weighted by Crippen LogP contribution is -2.28. The smallest absolute Gasteiger partial charge is 0.490 e. The minimum atomic E-state index is -5.90. The predicted molar refractivity (Wildman–Crippen MR) is 97.3 cm³/mol. The lowest BCUT2D eigenvalue weighted by molar-refractivity contribution is -0.0500. The van der Waals surface area contributed by atoms with Crippen LogP contribution in [0, 0.1) is 12.7 Å². The normalized spacial score (nSPS) is 12.2. The van der Waals surface area contributed by atoms with Crippen molar-refractivity contribution >= 4 is 32.5 Å². The lowest BCUT2D eigenvalue weighted by atomic mass is 10.2. The number of ether oxygens (including phenoxy) is 1. The van der Waals surface area contributed by atoms with E-state index in [2.05, 4.69) is 19.7 Å². The Hall–Kier alpha value is -3.02. The van der Waals surface area contributed by atoms with Gasteiger partial charge in [0.25, 0.3) is 0 Å². The van der Waals surface area contributed by atoms with Crippen LogP contribution < -0.4 is 14.2 Å². The van der Waals surface area contributed by atoms with Crippen molar-refractivity contribution < 1.29 is 34.9 Å². The molecular weight excluding hydrogens is 418 g/mol. The van der Waals surface area contributed by atoms with E-state index in [1.807, 2.05) is 0 Å². The molecule has 0 fully saturated rings. The number of aromatic nitrogens is 2. The number of hydrogen-bond donors (Lipinski definition) is 2. The van der Waals surface area contributed by atoms with Crippen molar-refractivity contribution in [1.82, 2.24) is 10.2 Å². The molecule has 0 bridgehead atoms. The van der Waals surface area contributed by atoms with Gasteiger partial charge in [-0.3, -0.25) is 5.10 Å². The Morgan fingerprint density at radius 1 is 1.17 bits per heavy atom. The van der Waals surface area contributed by atoms with Crippen molar-refractivity contribution in [3.8, 4) is 11.5 Å². The van der Waals surface area contributed by atoms with Crippen LogP contribution >= 0.6 is 0 Å². The molecule has 0 unspecified atom stereocenters. The second-order valence-corrected chi connectivity index (χ2v) is 7.46. The first-order chi connectivity index (χ1) is 13.5. The summed E-state index contributed by atoms with van der Waals surface area (Å²) in [6.45, 7) is 3.19. The molecule has 7 nitrogen and oxygen atoms in total. The first kappa shape index (κ1) is 20.7. The highest BCUT2D eigenvalue weighted by molar-refractivity contribution is 7.88. The minimum absolute atomic E-state index is 0.0576. The van der Waals surface area contributed by atoms with Gasteiger partial charge in [-0.15, -0.1) is 0 Å². The molecule has 0 amide bonds. The van der Waals surface area contributed by atoms with Crippen LogP contribution in [-0.2, 0) is 10.1 Å². The maximum absolute atomic E-state index is 13.4. The fourth-order valence-electron chi connectivity index (χ4n) is 2.48. The van der Waals surface area contributed by atoms with Crippen LogP contribution in [0.4, 0.5) is 29.1 Å². The summed E-state index contributed by atoms with van der Waals surface area (Å²) >= 11 is 0. The van der Waals surface area contributed by atoms with Crippen molar-refractivity contribution in [3.63, 3.8) is 0 Å². The second-order valence-electron chi connectivity index (χ2n) is 5.92. The highest BCUT2D eigenvalue weighted by Gasteiger charge is 2.49. The SMILES string of the molecule is CCOc1cc2[nH]nc(Nc3ccc(F)c(C)c3)c2cc1OS(=O)(=O)C(F)(F)F. The standard InChI is InChI=1S/C17H15F4N3O4S/c1-3-27-14-8-13-11(7-15(14)28-29(25,26)17(19,20)21)16(24-23-13)22-10-4-5-12(18)9(2)6-10/h4-8H,3H2,1-2H3,(H2,22,23,24). The van der Waals surface area contributed by atoms with E-state index in [-0.39, 0.29) is 23.6 Å². The van der Waals surface area contributed by atoms with Crippen molar-refractivity contribution in [3.05, 3.63) is 41.7 Å². The summed E-state index contributed by atoms with van der Waals surface area (Å²) in [4.78, 5) is 0. The molecule has 0 aliphatic rings. The number of halogens is 4. The molecule has 0 aliphatic carbocycles. The summed E-state index contributed by atoms with van der Waals surface area (Å²) in [7, 11) is -5.90. The lowest BCUT2D eigenvalue weighted by Gasteiger charge is -2.13. The van der Waals surface area contributed by atoms with Gasteiger partial charge in [-0.2, -0.15) is 26.7 Å². The summed E-state index contributed by atoms with van der Waals surface area (Å²) in [5, 5.41) is 9.81. The Labute approximate surface area is 162 Å². The molecule has 0 spiro atoms. The summed E-state index contributed by atoms with van der Waals surface area (Å²) in [6.07, 6.45) is 0. The van der Waals surface area contributed by atoms with E-state index in [9.17, 15) is 26.0 Å². The van der Waals surface area contributed by atoms with Gasteiger partial charge in [0.2, 0.25) is 0 Å². The van der Waals surface area contributed by atoms with Crippen LogP contribution in [0.25, 0.3) is 10.9 Å². The Kier molecular flexibility index (Phi) is 5.30. The van der Waals surface area contributed by atoms with E-state index in [1.54, 1.807) is 13.8 Å². The summed E-state index contributed by atoms with van der Waals surface area (Å²) in [5.74, 6) is -1.09. The molecule has 0 saturated heterocycles. The maximum atomic E-state index is 13.4. The van der Waals surface area contributed by atoms with Crippen molar-refractivity contribution in [2.24, 2.45) is 0 Å². The van der Waals surface area contributed by atoms with E-state index in [1.165, 1.54) is 24.3 Å². The summed E-state index contributed by atoms with van der Waals surface area (Å²) in [5.41, 5.74) is -4.41. The molecule has 2 N–H and O–H groups in total. The van der Waals surface area contributed by atoms with Gasteiger partial charge in [0.1, 0.15) is 5.82 Å². The van der Waals surface area contributed by atoms with Gasteiger partial charge in [0, 0.05) is 17.1 Å². The van der Waals surface area contributed by atoms with Crippen LogP contribution in [0.2, 0.25) is 0 Å². The zero-order valence-electron chi connectivity index (χ0n) is 15.1. The summed E-state index contributed by atoms with van der Waals surface area (Å²) in [6, 6.07) is 6.53. The molecule has 3 aromatic rings. The van der Waals surface area contributed by atoms with Crippen molar-refractivity contribution in [2.75, 3.05) is 11.9 Å². The average molecular weight is 433 g/mol. The topological polar surface area (TPSA) is 93.3 Å². The quantitative estimate of drug-likeness (QED) is 0.340. The number of anilines is 2. The second kappa shape index (κ2) is 7.43. The predicted octanol–water partition coefficient (Wildman–Crippen LogP) is 4.38. The van der Waals surface area contributed by atoms with Crippen LogP contribution in [0.3, 0.4) is 0 Å². The third-order valence-corrected chi connectivity index (χ3v) is 4.80. The minimum Gasteiger partial charge on any atom is -0.490 e. The highest BCUT2D eigenvalue weighted by Crippen LogP contribution is 2.38. The van der Waals surface area contributed by atoms with E-state index in [0.29, 0.717) is 16.8 Å². The summed E-state index contributed by atoms with van der Waals surface area (Å²) < 4.78 is 83.9. The first-order valence-corrected chi connectivity index (χ1v) is 9.61. The molecule has 12 heteroatoms. The number of benzene rings is 2. The van der Waals surface area contributed by atoms with E-state index >= 15 is 0 Å². The maximum Gasteiger partial charge on any atom is 0.534 e. The monoisotopic (exact) mass is 433 g/mol. The Morgan fingerprint density at radius 2 is 1.90 bits per heavy atom. The molecule has 0 atom stereocenters. The largest absolute Gasteiger partial charge is 0.534 e. The first-order valence-electron chi connectivity index (χ1n) is 8.20. The molecule has 0 aliphatic heterocycles. The molecule has 0 radical (unpaired) electrons. The van der Waals surface area contributed by atoms with Gasteiger partial charge in [-0.1, -0.05) is 0 Å². The molecular formula is C17H15F4N3O4S. The Balaban J connectivity index is 2.05. The van der Waals surface area contributed by atoms with Crippen molar-refractivity contribution in [1.29, 1.82) is 0 Å². The fraction of sp³-hybridized carbons (Fsp3) is 0.235. The number of aromatic amines is 1. The zero-order chi connectivity index (χ0) is 21.4. The molecule has 29 heavy (non-hydrogen) atoms. The van der Waals surface area contributed by atoms with E-state index in [0.717, 1.165) is 6.07 Å². The van der Waals surface area contributed by atoms with Gasteiger partial charge in [-0.25, -0.2) is 4.39 Å². The van der Waals surface area contributed by atoms with Gasteiger partial charge in [-0.05, 0) is 43.7 Å². The number of alkyl halides is 3. The molecule has 156 valence electrons. The van der Waals surface area contributed by atoms with Crippen molar-refractivity contribution in [2.45, 2.75) is 19.4 Å². The number of hydrogen-bond acceptors (Lipinski definition) is 6. The molecule has 1 aromatic heterocycles. The number of nitrogens with one attached hydrogen (secondary N) is 2. The third kappa shape index (κ3) is 4.21. The average Bonchev–Trinajstić information content (AvgIpc) is 2.99. The van der Waals surface area contributed by atoms with E-state index < -0.39 is 27.2 Å². The highest BCUT2D eigenvalue weighted by atomic mass is 32.2. The number of H-pyrrole nitrogens is 1. The van der Waals surface area contributed by atoms with Gasteiger partial charge in [0.15, 0.2) is 17.3 Å². The van der Waals surface area contributed by atoms with Gasteiger partial charge >= 0.3 is 15.6 Å². The van der Waals surface area contributed by atoms with Crippen LogP contribution in [-0.4, -0.2) is 30.7 Å². The molecule has 0 saturated carbocycles. The Morgan fingerprint density at radius 3 is 2.52 bits per heavy atom. The molecule has 1 heterocycles. The molecule has 3 rings (SSSR count). The van der Waals surface area contributed by atoms with E-state index in [4.69, 9.17) is 4.74 Å². The number of rotatable bonds is 6. The number of aryl methyl sites for hydroxylation is 1. The third-order valence-electron chi connectivity index (χ3n) is 3.83. The van der Waals surface area contributed by atoms with Crippen LogP contribution in [0.5, 0.6) is 11.5 Å².